The van der Waals surface area contributed by atoms with Gasteiger partial charge in [-0.25, -0.2) is 15.0 Å². The van der Waals surface area contributed by atoms with Gasteiger partial charge in [0, 0.05) is 27.5 Å². The highest BCUT2D eigenvalue weighted by Gasteiger charge is 2.18. The number of benzene rings is 8. The second-order valence-corrected chi connectivity index (χ2v) is 12.8. The standard InChI is InChI=1S/C47H29N3O/c1-2-13-31(14-3-1)45-48-46(50-47(49-45)40-21-11-23-43-44(40)39-20-8-9-22-42(39)51-43)36-18-10-17-33(27-36)37-28-34-16-6-7-19-38(34)41(29-37)35-25-24-30-12-4-5-15-32(30)26-35/h1-29H. The molecule has 0 radical (unpaired) electrons. The van der Waals surface area contributed by atoms with Crippen LogP contribution in [-0.4, -0.2) is 15.0 Å². The number of aromatic nitrogens is 3. The van der Waals surface area contributed by atoms with Gasteiger partial charge in [-0.1, -0.05) is 140 Å². The third-order valence-corrected chi connectivity index (χ3v) is 9.69. The molecule has 0 amide bonds. The summed E-state index contributed by atoms with van der Waals surface area (Å²) in [7, 11) is 0. The molecule has 0 aliphatic rings. The van der Waals surface area contributed by atoms with Crippen molar-refractivity contribution < 1.29 is 4.42 Å². The lowest BCUT2D eigenvalue weighted by Crippen LogP contribution is -2.00. The zero-order valence-electron chi connectivity index (χ0n) is 27.5. The molecule has 4 nitrogen and oxygen atoms in total. The van der Waals surface area contributed by atoms with Crippen molar-refractivity contribution in [2.45, 2.75) is 0 Å². The van der Waals surface area contributed by atoms with Crippen LogP contribution in [0.15, 0.2) is 180 Å². The summed E-state index contributed by atoms with van der Waals surface area (Å²) >= 11 is 0. The van der Waals surface area contributed by atoms with E-state index in [2.05, 4.69) is 115 Å². The highest BCUT2D eigenvalue weighted by molar-refractivity contribution is 6.11. The van der Waals surface area contributed by atoms with Crippen molar-refractivity contribution in [3.05, 3.63) is 176 Å². The van der Waals surface area contributed by atoms with Gasteiger partial charge in [0.2, 0.25) is 0 Å². The fourth-order valence-electron chi connectivity index (χ4n) is 7.21. The topological polar surface area (TPSA) is 51.8 Å². The number of furan rings is 1. The zero-order valence-corrected chi connectivity index (χ0v) is 27.5. The first-order chi connectivity index (χ1) is 25.2. The molecule has 0 spiro atoms. The molecule has 10 rings (SSSR count). The molecule has 0 atom stereocenters. The molecule has 238 valence electrons. The van der Waals surface area contributed by atoms with Crippen molar-refractivity contribution in [3.8, 4) is 56.4 Å². The highest BCUT2D eigenvalue weighted by Crippen LogP contribution is 2.38. The third-order valence-electron chi connectivity index (χ3n) is 9.69. The molecular formula is C47H29N3O. The van der Waals surface area contributed by atoms with Crippen LogP contribution in [0.1, 0.15) is 0 Å². The molecule has 10 aromatic rings. The number of nitrogens with zero attached hydrogens (tertiary/aromatic N) is 3. The van der Waals surface area contributed by atoms with Crippen LogP contribution in [0.4, 0.5) is 0 Å². The van der Waals surface area contributed by atoms with Crippen molar-refractivity contribution in [2.75, 3.05) is 0 Å². The van der Waals surface area contributed by atoms with Gasteiger partial charge in [-0.2, -0.15) is 0 Å². The highest BCUT2D eigenvalue weighted by atomic mass is 16.3. The van der Waals surface area contributed by atoms with Crippen molar-refractivity contribution in [2.24, 2.45) is 0 Å². The summed E-state index contributed by atoms with van der Waals surface area (Å²) in [5.41, 5.74) is 9.00. The molecule has 0 N–H and O–H groups in total. The van der Waals surface area contributed by atoms with Gasteiger partial charge in [0.05, 0.1) is 0 Å². The minimum Gasteiger partial charge on any atom is -0.456 e. The number of hydrogen-bond acceptors (Lipinski definition) is 4. The predicted molar refractivity (Wildman–Crippen MR) is 209 cm³/mol. The van der Waals surface area contributed by atoms with Crippen LogP contribution < -0.4 is 0 Å². The van der Waals surface area contributed by atoms with Crippen LogP contribution in [-0.2, 0) is 0 Å². The average molecular weight is 652 g/mol. The van der Waals surface area contributed by atoms with E-state index in [0.717, 1.165) is 49.8 Å². The summed E-state index contributed by atoms with van der Waals surface area (Å²) < 4.78 is 6.23. The van der Waals surface area contributed by atoms with Crippen molar-refractivity contribution in [1.82, 2.24) is 15.0 Å². The Bertz CT molecular complexity index is 2930. The van der Waals surface area contributed by atoms with E-state index in [9.17, 15) is 0 Å². The average Bonchev–Trinajstić information content (AvgIpc) is 3.59. The van der Waals surface area contributed by atoms with Crippen LogP contribution in [0.25, 0.3) is 99.9 Å². The Hall–Kier alpha value is -6.91. The van der Waals surface area contributed by atoms with Crippen LogP contribution in [0.2, 0.25) is 0 Å². The van der Waals surface area contributed by atoms with Gasteiger partial charge in [-0.05, 0) is 80.2 Å². The molecule has 2 heterocycles. The molecule has 4 heteroatoms. The zero-order chi connectivity index (χ0) is 33.7. The predicted octanol–water partition coefficient (Wildman–Crippen LogP) is 12.4. The second kappa shape index (κ2) is 11.9. The second-order valence-electron chi connectivity index (χ2n) is 12.8. The molecule has 0 aliphatic carbocycles. The van der Waals surface area contributed by atoms with Crippen LogP contribution in [0, 0.1) is 0 Å². The Morgan fingerprint density at radius 3 is 1.82 bits per heavy atom. The summed E-state index contributed by atoms with van der Waals surface area (Å²) in [6.45, 7) is 0. The molecule has 0 saturated carbocycles. The monoisotopic (exact) mass is 651 g/mol. The summed E-state index contributed by atoms with van der Waals surface area (Å²) in [5.74, 6) is 1.84. The van der Waals surface area contributed by atoms with Gasteiger partial charge in [0.1, 0.15) is 11.2 Å². The van der Waals surface area contributed by atoms with E-state index in [1.54, 1.807) is 0 Å². The Kier molecular flexibility index (Phi) is 6.78. The Morgan fingerprint density at radius 2 is 0.941 bits per heavy atom. The number of rotatable bonds is 5. The van der Waals surface area contributed by atoms with Gasteiger partial charge in [0.15, 0.2) is 17.5 Å². The van der Waals surface area contributed by atoms with E-state index < -0.39 is 0 Å². The van der Waals surface area contributed by atoms with Crippen LogP contribution >= 0.6 is 0 Å². The van der Waals surface area contributed by atoms with E-state index >= 15 is 0 Å². The molecular weight excluding hydrogens is 623 g/mol. The smallest absolute Gasteiger partial charge is 0.164 e. The van der Waals surface area contributed by atoms with E-state index in [1.165, 1.54) is 32.7 Å². The van der Waals surface area contributed by atoms with Gasteiger partial charge in [0.25, 0.3) is 0 Å². The fraction of sp³-hybridized carbons (Fsp3) is 0. The molecule has 8 aromatic carbocycles. The first kappa shape index (κ1) is 29.0. The molecule has 0 unspecified atom stereocenters. The maximum atomic E-state index is 6.23. The van der Waals surface area contributed by atoms with E-state index in [0.29, 0.717) is 17.5 Å². The summed E-state index contributed by atoms with van der Waals surface area (Å²) in [5, 5.41) is 6.91. The SMILES string of the molecule is c1ccc(-c2nc(-c3cccc(-c4cc(-c5ccc6ccccc6c5)c5ccccc5c4)c3)nc(-c3cccc4oc5ccccc5c34)n2)cc1. The van der Waals surface area contributed by atoms with Gasteiger partial charge >= 0.3 is 0 Å². The largest absolute Gasteiger partial charge is 0.456 e. The molecule has 2 aromatic heterocycles. The molecule has 0 bridgehead atoms. The van der Waals surface area contributed by atoms with E-state index in [-0.39, 0.29) is 0 Å². The van der Waals surface area contributed by atoms with Gasteiger partial charge in [-0.3, -0.25) is 0 Å². The first-order valence-electron chi connectivity index (χ1n) is 17.1. The van der Waals surface area contributed by atoms with Gasteiger partial charge in [-0.15, -0.1) is 0 Å². The lowest BCUT2D eigenvalue weighted by molar-refractivity contribution is 0.669. The van der Waals surface area contributed by atoms with Crippen LogP contribution in [0.5, 0.6) is 0 Å². The molecule has 0 saturated heterocycles. The lowest BCUT2D eigenvalue weighted by atomic mass is 9.91. The lowest BCUT2D eigenvalue weighted by Gasteiger charge is -2.13. The number of para-hydroxylation sites is 1. The van der Waals surface area contributed by atoms with Crippen LogP contribution in [0.3, 0.4) is 0 Å². The minimum absolute atomic E-state index is 0.603. The maximum Gasteiger partial charge on any atom is 0.164 e. The Balaban J connectivity index is 1.15. The minimum atomic E-state index is 0.603. The fourth-order valence-corrected chi connectivity index (χ4v) is 7.21. The van der Waals surface area contributed by atoms with Crippen molar-refractivity contribution >= 4 is 43.5 Å². The normalized spacial score (nSPS) is 11.5. The van der Waals surface area contributed by atoms with E-state index in [1.807, 2.05) is 60.7 Å². The molecule has 0 aliphatic heterocycles. The third kappa shape index (κ3) is 5.13. The van der Waals surface area contributed by atoms with E-state index in [4.69, 9.17) is 19.4 Å². The van der Waals surface area contributed by atoms with Crippen molar-refractivity contribution in [3.63, 3.8) is 0 Å². The van der Waals surface area contributed by atoms with Crippen molar-refractivity contribution in [1.29, 1.82) is 0 Å². The van der Waals surface area contributed by atoms with Gasteiger partial charge < -0.3 is 4.42 Å². The summed E-state index contributed by atoms with van der Waals surface area (Å²) in [6, 6.07) is 61.3. The Labute approximate surface area is 294 Å². The summed E-state index contributed by atoms with van der Waals surface area (Å²) in [4.78, 5) is 15.3. The first-order valence-corrected chi connectivity index (χ1v) is 17.1. The maximum absolute atomic E-state index is 6.23. The molecule has 0 fully saturated rings. The summed E-state index contributed by atoms with van der Waals surface area (Å²) in [6.07, 6.45) is 0. The number of hydrogen-bond donors (Lipinski definition) is 0. The molecule has 51 heavy (non-hydrogen) atoms. The quantitative estimate of drug-likeness (QED) is 0.186. The number of fused-ring (bicyclic) bond motifs is 5. The Morgan fingerprint density at radius 1 is 0.314 bits per heavy atom.